The van der Waals surface area contributed by atoms with Crippen molar-refractivity contribution in [3.05, 3.63) is 78.1 Å². The highest BCUT2D eigenvalue weighted by molar-refractivity contribution is 7.19. The van der Waals surface area contributed by atoms with E-state index in [2.05, 4.69) is 20.3 Å². The summed E-state index contributed by atoms with van der Waals surface area (Å²) in [5, 5.41) is 3.54. The molecule has 2 heterocycles. The minimum Gasteiger partial charge on any atom is -0.320 e. The van der Waals surface area contributed by atoms with Gasteiger partial charge < -0.3 is 5.32 Å². The van der Waals surface area contributed by atoms with E-state index in [-0.39, 0.29) is 5.91 Å². The monoisotopic (exact) mass is 358 g/mol. The number of thiazole rings is 1. The fourth-order valence-corrected chi connectivity index (χ4v) is 3.29. The number of anilines is 1. The Balaban J connectivity index is 1.43. The maximum absolute atomic E-state index is 12.1. The molecule has 0 aliphatic carbocycles. The van der Waals surface area contributed by atoms with Crippen LogP contribution in [0.1, 0.15) is 5.01 Å². The zero-order chi connectivity index (χ0) is 17.8. The predicted molar refractivity (Wildman–Crippen MR) is 105 cm³/mol. The van der Waals surface area contributed by atoms with Crippen LogP contribution in [0, 0.1) is 0 Å². The quantitative estimate of drug-likeness (QED) is 0.549. The summed E-state index contributed by atoms with van der Waals surface area (Å²) < 4.78 is 1.09. The average Bonchev–Trinajstić information content (AvgIpc) is 3.11. The second-order valence-corrected chi connectivity index (χ2v) is 6.57. The van der Waals surface area contributed by atoms with E-state index in [9.17, 15) is 4.79 Å². The van der Waals surface area contributed by atoms with Crippen LogP contribution in [0.3, 0.4) is 0 Å². The average molecular weight is 358 g/mol. The molecule has 0 atom stereocenters. The van der Waals surface area contributed by atoms with Crippen LogP contribution in [0.25, 0.3) is 27.7 Å². The van der Waals surface area contributed by atoms with Gasteiger partial charge in [-0.1, -0.05) is 42.5 Å². The number of nitrogens with one attached hydrogen (secondary N) is 1. The van der Waals surface area contributed by atoms with Gasteiger partial charge in [0, 0.05) is 11.6 Å². The van der Waals surface area contributed by atoms with E-state index in [1.807, 2.05) is 54.6 Å². The summed E-state index contributed by atoms with van der Waals surface area (Å²) in [6, 6.07) is 17.6. The molecular formula is C20H14N4OS. The second kappa shape index (κ2) is 7.25. The Morgan fingerprint density at radius 3 is 2.46 bits per heavy atom. The highest BCUT2D eigenvalue weighted by Crippen LogP contribution is 2.22. The topological polar surface area (TPSA) is 67.8 Å². The van der Waals surface area contributed by atoms with Gasteiger partial charge in [0.15, 0.2) is 5.82 Å². The molecule has 0 aliphatic heterocycles. The van der Waals surface area contributed by atoms with E-state index in [1.165, 1.54) is 6.08 Å². The summed E-state index contributed by atoms with van der Waals surface area (Å²) in [6.45, 7) is 0. The van der Waals surface area contributed by atoms with Crippen molar-refractivity contribution in [1.82, 2.24) is 15.0 Å². The third-order valence-electron chi connectivity index (χ3n) is 3.64. The number of nitrogens with zero attached hydrogens (tertiary/aromatic N) is 3. The number of amides is 1. The molecule has 0 saturated heterocycles. The van der Waals surface area contributed by atoms with Crippen molar-refractivity contribution in [2.45, 2.75) is 0 Å². The van der Waals surface area contributed by atoms with Crippen LogP contribution < -0.4 is 5.32 Å². The maximum Gasteiger partial charge on any atom is 0.248 e. The molecule has 4 rings (SSSR count). The summed E-state index contributed by atoms with van der Waals surface area (Å²) >= 11 is 1.54. The largest absolute Gasteiger partial charge is 0.320 e. The first-order valence-electron chi connectivity index (χ1n) is 8.00. The Bertz CT molecular complexity index is 1040. The number of rotatable bonds is 4. The molecule has 0 radical (unpaired) electrons. The lowest BCUT2D eigenvalue weighted by Crippen LogP contribution is -2.08. The van der Waals surface area contributed by atoms with Gasteiger partial charge in [0.2, 0.25) is 5.91 Å². The summed E-state index contributed by atoms with van der Waals surface area (Å²) in [7, 11) is 0. The van der Waals surface area contributed by atoms with Gasteiger partial charge in [-0.05, 0) is 18.2 Å². The third kappa shape index (κ3) is 3.65. The van der Waals surface area contributed by atoms with Gasteiger partial charge in [0.25, 0.3) is 0 Å². The van der Waals surface area contributed by atoms with Crippen molar-refractivity contribution < 1.29 is 4.79 Å². The van der Waals surface area contributed by atoms with Crippen LogP contribution in [0.2, 0.25) is 0 Å². The van der Waals surface area contributed by atoms with Crippen LogP contribution >= 0.6 is 11.3 Å². The van der Waals surface area contributed by atoms with Crippen LogP contribution in [0.4, 0.5) is 5.69 Å². The fourth-order valence-electron chi connectivity index (χ4n) is 2.42. The molecule has 1 N–H and O–H groups in total. The van der Waals surface area contributed by atoms with Crippen LogP contribution in [0.15, 0.2) is 73.1 Å². The fraction of sp³-hybridized carbons (Fsp3) is 0. The number of para-hydroxylation sites is 1. The number of benzene rings is 2. The molecule has 26 heavy (non-hydrogen) atoms. The molecule has 0 bridgehead atoms. The van der Waals surface area contributed by atoms with Crippen molar-refractivity contribution in [3.8, 4) is 11.4 Å². The summed E-state index contributed by atoms with van der Waals surface area (Å²) in [5.41, 5.74) is 2.41. The van der Waals surface area contributed by atoms with Crippen molar-refractivity contribution in [1.29, 1.82) is 0 Å². The number of carbonyl (C=O) groups is 1. The molecule has 2 aromatic heterocycles. The highest BCUT2D eigenvalue weighted by Gasteiger charge is 2.04. The van der Waals surface area contributed by atoms with Crippen molar-refractivity contribution >= 4 is 39.2 Å². The zero-order valence-electron chi connectivity index (χ0n) is 13.7. The Labute approximate surface area is 154 Å². The standard InChI is InChI=1S/C20H14N4OS/c25-18(10-11-19-24-16-8-4-5-9-17(16)26-19)23-15-12-21-20(22-13-15)14-6-2-1-3-7-14/h1-13H,(H,23,25)/b11-10+. The number of aromatic nitrogens is 3. The van der Waals surface area contributed by atoms with Gasteiger partial charge in [0.05, 0.1) is 28.3 Å². The number of hydrogen-bond donors (Lipinski definition) is 1. The Kier molecular flexibility index (Phi) is 4.49. The summed E-state index contributed by atoms with van der Waals surface area (Å²) in [4.78, 5) is 25.1. The molecular weight excluding hydrogens is 344 g/mol. The van der Waals surface area contributed by atoms with Gasteiger partial charge in [-0.15, -0.1) is 11.3 Å². The SMILES string of the molecule is O=C(/C=C/c1nc2ccccc2s1)Nc1cnc(-c2ccccc2)nc1. The van der Waals surface area contributed by atoms with Crippen molar-refractivity contribution in [2.75, 3.05) is 5.32 Å². The van der Waals surface area contributed by atoms with E-state index in [1.54, 1.807) is 29.8 Å². The number of hydrogen-bond acceptors (Lipinski definition) is 5. The Morgan fingerprint density at radius 1 is 0.962 bits per heavy atom. The summed E-state index contributed by atoms with van der Waals surface area (Å²) in [6.07, 6.45) is 6.36. The lowest BCUT2D eigenvalue weighted by atomic mass is 10.2. The second-order valence-electron chi connectivity index (χ2n) is 5.50. The number of fused-ring (bicyclic) bond motifs is 1. The smallest absolute Gasteiger partial charge is 0.248 e. The van der Waals surface area contributed by atoms with Crippen LogP contribution in [-0.2, 0) is 4.79 Å². The minimum atomic E-state index is -0.250. The molecule has 0 spiro atoms. The van der Waals surface area contributed by atoms with Gasteiger partial charge in [-0.3, -0.25) is 4.79 Å². The van der Waals surface area contributed by atoms with Gasteiger partial charge >= 0.3 is 0 Å². The van der Waals surface area contributed by atoms with Crippen molar-refractivity contribution in [2.24, 2.45) is 0 Å². The molecule has 1 amide bonds. The third-order valence-corrected chi connectivity index (χ3v) is 4.64. The molecule has 0 aliphatic rings. The maximum atomic E-state index is 12.1. The van der Waals surface area contributed by atoms with E-state index >= 15 is 0 Å². The first-order valence-corrected chi connectivity index (χ1v) is 8.82. The Morgan fingerprint density at radius 2 is 1.69 bits per heavy atom. The minimum absolute atomic E-state index is 0.250. The van der Waals surface area contributed by atoms with Crippen LogP contribution in [0.5, 0.6) is 0 Å². The molecule has 5 nitrogen and oxygen atoms in total. The normalized spacial score (nSPS) is 11.1. The highest BCUT2D eigenvalue weighted by atomic mass is 32.1. The van der Waals surface area contributed by atoms with Crippen molar-refractivity contribution in [3.63, 3.8) is 0 Å². The number of carbonyl (C=O) groups excluding carboxylic acids is 1. The van der Waals surface area contributed by atoms with E-state index in [0.717, 1.165) is 20.8 Å². The zero-order valence-corrected chi connectivity index (χ0v) is 14.5. The van der Waals surface area contributed by atoms with Gasteiger partial charge in [-0.2, -0.15) is 0 Å². The first-order chi connectivity index (χ1) is 12.8. The molecule has 6 heteroatoms. The van der Waals surface area contributed by atoms with Crippen LogP contribution in [-0.4, -0.2) is 20.9 Å². The molecule has 4 aromatic rings. The molecule has 0 saturated carbocycles. The Hall–Kier alpha value is -3.38. The summed E-state index contributed by atoms with van der Waals surface area (Å²) in [5.74, 6) is 0.369. The molecule has 0 unspecified atom stereocenters. The molecule has 126 valence electrons. The lowest BCUT2D eigenvalue weighted by molar-refractivity contribution is -0.111. The van der Waals surface area contributed by atoms with E-state index in [4.69, 9.17) is 0 Å². The first kappa shape index (κ1) is 16.1. The molecule has 2 aromatic carbocycles. The van der Waals surface area contributed by atoms with E-state index < -0.39 is 0 Å². The van der Waals surface area contributed by atoms with Gasteiger partial charge in [0.1, 0.15) is 5.01 Å². The lowest BCUT2D eigenvalue weighted by Gasteiger charge is -2.03. The predicted octanol–water partition coefficient (Wildman–Crippen LogP) is 4.41. The van der Waals surface area contributed by atoms with E-state index in [0.29, 0.717) is 11.5 Å². The molecule has 0 fully saturated rings. The van der Waals surface area contributed by atoms with Gasteiger partial charge in [-0.25, -0.2) is 15.0 Å².